The Morgan fingerprint density at radius 2 is 2.09 bits per heavy atom. The summed E-state index contributed by atoms with van der Waals surface area (Å²) in [6, 6.07) is 6.65. The molecule has 0 radical (unpaired) electrons. The molecule has 0 aliphatic carbocycles. The molecule has 2 amide bonds. The Labute approximate surface area is 139 Å². The molecule has 1 heterocycles. The molecule has 1 unspecified atom stereocenters. The van der Waals surface area contributed by atoms with Crippen molar-refractivity contribution < 1.29 is 14.3 Å². The van der Waals surface area contributed by atoms with Gasteiger partial charge in [-0.3, -0.25) is 0 Å². The Kier molecular flexibility index (Phi) is 6.01. The zero-order valence-corrected chi connectivity index (χ0v) is 13.9. The number of urea groups is 1. The maximum atomic E-state index is 11.7. The van der Waals surface area contributed by atoms with Crippen molar-refractivity contribution in [2.45, 2.75) is 32.9 Å². The molecule has 0 spiro atoms. The third kappa shape index (κ3) is 4.71. The van der Waals surface area contributed by atoms with Gasteiger partial charge in [-0.2, -0.15) is 0 Å². The van der Waals surface area contributed by atoms with Crippen LogP contribution in [0.25, 0.3) is 11.3 Å². The first-order chi connectivity index (χ1) is 11.0. The Morgan fingerprint density at radius 3 is 2.70 bits per heavy atom. The normalized spacial score (nSPS) is 12.0. The van der Waals surface area contributed by atoms with E-state index in [4.69, 9.17) is 21.1 Å². The highest BCUT2D eigenvalue weighted by molar-refractivity contribution is 6.30. The van der Waals surface area contributed by atoms with Gasteiger partial charge in [-0.1, -0.05) is 18.5 Å². The van der Waals surface area contributed by atoms with E-state index in [0.717, 1.165) is 11.3 Å². The molecular weight excluding hydrogens is 318 g/mol. The number of rotatable bonds is 6. The van der Waals surface area contributed by atoms with E-state index in [1.54, 1.807) is 12.1 Å². The third-order valence-electron chi connectivity index (χ3n) is 3.40. The summed E-state index contributed by atoms with van der Waals surface area (Å²) in [4.78, 5) is 16.0. The van der Waals surface area contributed by atoms with E-state index in [-0.39, 0.29) is 25.2 Å². The van der Waals surface area contributed by atoms with Gasteiger partial charge in [0.1, 0.15) is 0 Å². The molecule has 23 heavy (non-hydrogen) atoms. The van der Waals surface area contributed by atoms with Crippen LogP contribution in [0.2, 0.25) is 5.02 Å². The average Bonchev–Trinajstić information content (AvgIpc) is 2.92. The first-order valence-corrected chi connectivity index (χ1v) is 7.78. The number of hydrogen-bond donors (Lipinski definition) is 3. The Morgan fingerprint density at radius 1 is 1.39 bits per heavy atom. The van der Waals surface area contributed by atoms with Gasteiger partial charge in [0, 0.05) is 10.6 Å². The van der Waals surface area contributed by atoms with Crippen LogP contribution in [-0.4, -0.2) is 28.8 Å². The fourth-order valence-corrected chi connectivity index (χ4v) is 2.19. The molecule has 1 aromatic carbocycles. The lowest BCUT2D eigenvalue weighted by atomic mass is 10.1. The number of halogens is 1. The van der Waals surface area contributed by atoms with Crippen LogP contribution < -0.4 is 10.6 Å². The minimum atomic E-state index is -0.366. The number of oxazole rings is 1. The van der Waals surface area contributed by atoms with Gasteiger partial charge in [0.25, 0.3) is 0 Å². The van der Waals surface area contributed by atoms with Crippen molar-refractivity contribution >= 4 is 17.6 Å². The molecule has 0 saturated carbocycles. The van der Waals surface area contributed by atoms with Gasteiger partial charge >= 0.3 is 6.03 Å². The zero-order valence-electron chi connectivity index (χ0n) is 13.1. The highest BCUT2D eigenvalue weighted by Gasteiger charge is 2.13. The van der Waals surface area contributed by atoms with Crippen molar-refractivity contribution in [3.63, 3.8) is 0 Å². The number of aryl methyl sites for hydroxylation is 1. The van der Waals surface area contributed by atoms with Gasteiger partial charge in [0.2, 0.25) is 5.89 Å². The van der Waals surface area contributed by atoms with E-state index < -0.39 is 0 Å². The number of amides is 2. The predicted molar refractivity (Wildman–Crippen MR) is 88.2 cm³/mol. The third-order valence-corrected chi connectivity index (χ3v) is 3.65. The molecular formula is C16H20ClN3O3. The largest absolute Gasteiger partial charge is 0.438 e. The van der Waals surface area contributed by atoms with Crippen LogP contribution in [0.5, 0.6) is 0 Å². The van der Waals surface area contributed by atoms with Crippen molar-refractivity contribution in [3.05, 3.63) is 40.9 Å². The molecule has 7 heteroatoms. The van der Waals surface area contributed by atoms with E-state index in [1.165, 1.54) is 0 Å². The second-order valence-electron chi connectivity index (χ2n) is 5.14. The number of nitrogens with one attached hydrogen (secondary N) is 2. The first-order valence-electron chi connectivity index (χ1n) is 7.41. The summed E-state index contributed by atoms with van der Waals surface area (Å²) in [6.07, 6.45) is 0.656. The fourth-order valence-electron chi connectivity index (χ4n) is 2.07. The van der Waals surface area contributed by atoms with E-state index in [1.807, 2.05) is 26.0 Å². The second kappa shape index (κ2) is 7.99. The number of aliphatic hydroxyl groups excluding tert-OH is 1. The molecule has 0 fully saturated rings. The van der Waals surface area contributed by atoms with Crippen molar-refractivity contribution in [1.29, 1.82) is 0 Å². The minimum Gasteiger partial charge on any atom is -0.438 e. The summed E-state index contributed by atoms with van der Waals surface area (Å²) in [5.74, 6) is 1.07. The molecule has 2 rings (SSSR count). The van der Waals surface area contributed by atoms with E-state index >= 15 is 0 Å². The molecule has 0 aliphatic rings. The van der Waals surface area contributed by atoms with Crippen molar-refractivity contribution in [2.75, 3.05) is 6.61 Å². The van der Waals surface area contributed by atoms with Crippen LogP contribution in [0.15, 0.2) is 28.7 Å². The van der Waals surface area contributed by atoms with Crippen LogP contribution in [0.1, 0.15) is 24.9 Å². The lowest BCUT2D eigenvalue weighted by Gasteiger charge is -2.13. The Bertz CT molecular complexity index is 651. The standard InChI is InChI=1S/C16H20ClN3O3/c1-3-13(9-21)20-16(22)18-8-14-19-10(2)15(23-14)11-4-6-12(17)7-5-11/h4-7,13,21H,3,8-9H2,1-2H3,(H2,18,20,22). The molecule has 2 aromatic rings. The Hall–Kier alpha value is -2.05. The number of benzene rings is 1. The Balaban J connectivity index is 1.98. The highest BCUT2D eigenvalue weighted by Crippen LogP contribution is 2.25. The molecule has 3 N–H and O–H groups in total. The van der Waals surface area contributed by atoms with E-state index in [2.05, 4.69) is 15.6 Å². The monoisotopic (exact) mass is 337 g/mol. The number of aromatic nitrogens is 1. The van der Waals surface area contributed by atoms with Crippen molar-refractivity contribution in [1.82, 2.24) is 15.6 Å². The molecule has 1 aromatic heterocycles. The van der Waals surface area contributed by atoms with Gasteiger partial charge in [-0.05, 0) is 37.6 Å². The zero-order chi connectivity index (χ0) is 16.8. The van der Waals surface area contributed by atoms with Gasteiger partial charge in [-0.15, -0.1) is 0 Å². The topological polar surface area (TPSA) is 87.4 Å². The SMILES string of the molecule is CCC(CO)NC(=O)NCc1nc(C)c(-c2ccc(Cl)cc2)o1. The maximum Gasteiger partial charge on any atom is 0.315 e. The van der Waals surface area contributed by atoms with Crippen LogP contribution in [0, 0.1) is 6.92 Å². The second-order valence-corrected chi connectivity index (χ2v) is 5.58. The average molecular weight is 338 g/mol. The number of hydrogen-bond acceptors (Lipinski definition) is 4. The number of carbonyl (C=O) groups excluding carboxylic acids is 1. The first kappa shape index (κ1) is 17.3. The molecule has 0 saturated heterocycles. The van der Waals surface area contributed by atoms with Gasteiger partial charge in [0.15, 0.2) is 5.76 Å². The smallest absolute Gasteiger partial charge is 0.315 e. The van der Waals surface area contributed by atoms with Crippen LogP contribution in [-0.2, 0) is 6.54 Å². The van der Waals surface area contributed by atoms with Gasteiger partial charge in [-0.25, -0.2) is 9.78 Å². The van der Waals surface area contributed by atoms with Crippen molar-refractivity contribution in [3.8, 4) is 11.3 Å². The maximum absolute atomic E-state index is 11.7. The van der Waals surface area contributed by atoms with Crippen LogP contribution >= 0.6 is 11.6 Å². The highest BCUT2D eigenvalue weighted by atomic mass is 35.5. The molecule has 0 aliphatic heterocycles. The van der Waals surface area contributed by atoms with Crippen molar-refractivity contribution in [2.24, 2.45) is 0 Å². The summed E-state index contributed by atoms with van der Waals surface area (Å²) in [5, 5.41) is 15.0. The summed E-state index contributed by atoms with van der Waals surface area (Å²) >= 11 is 5.88. The fraction of sp³-hybridized carbons (Fsp3) is 0.375. The quantitative estimate of drug-likeness (QED) is 0.756. The van der Waals surface area contributed by atoms with Crippen LogP contribution in [0.3, 0.4) is 0 Å². The summed E-state index contributed by atoms with van der Waals surface area (Å²) in [5.41, 5.74) is 1.62. The molecule has 0 bridgehead atoms. The van der Waals surface area contributed by atoms with Crippen LogP contribution in [0.4, 0.5) is 4.79 Å². The van der Waals surface area contributed by atoms with E-state index in [0.29, 0.717) is 23.1 Å². The molecule has 6 nitrogen and oxygen atoms in total. The lowest BCUT2D eigenvalue weighted by molar-refractivity contribution is 0.213. The summed E-state index contributed by atoms with van der Waals surface area (Å²) in [6.45, 7) is 3.80. The predicted octanol–water partition coefficient (Wildman–Crippen LogP) is 2.87. The summed E-state index contributed by atoms with van der Waals surface area (Å²) in [7, 11) is 0. The minimum absolute atomic E-state index is 0.0945. The number of carbonyl (C=O) groups is 1. The number of aliphatic hydroxyl groups is 1. The molecule has 124 valence electrons. The molecule has 1 atom stereocenters. The number of nitrogens with zero attached hydrogens (tertiary/aromatic N) is 1. The lowest BCUT2D eigenvalue weighted by Crippen LogP contribution is -2.43. The summed E-state index contributed by atoms with van der Waals surface area (Å²) < 4.78 is 5.70. The van der Waals surface area contributed by atoms with Gasteiger partial charge in [0.05, 0.1) is 24.9 Å². The van der Waals surface area contributed by atoms with E-state index in [9.17, 15) is 4.79 Å². The van der Waals surface area contributed by atoms with Gasteiger partial charge < -0.3 is 20.2 Å².